The number of H-pyrrole nitrogens is 1. The maximum absolute atomic E-state index is 13.4. The summed E-state index contributed by atoms with van der Waals surface area (Å²) in [6.45, 7) is 2.24. The van der Waals surface area contributed by atoms with Gasteiger partial charge in [-0.05, 0) is 48.3 Å². The Morgan fingerprint density at radius 2 is 2.16 bits per heavy atom. The lowest BCUT2D eigenvalue weighted by atomic mass is 9.78. The first kappa shape index (κ1) is 19.8. The largest absolute Gasteiger partial charge is 0.381 e. The molecule has 0 radical (unpaired) electrons. The van der Waals surface area contributed by atoms with Gasteiger partial charge in [-0.2, -0.15) is 5.10 Å². The third-order valence-corrected chi connectivity index (χ3v) is 6.68. The number of hydrogen-bond donors (Lipinski definition) is 2. The van der Waals surface area contributed by atoms with E-state index in [1.165, 1.54) is 10.6 Å². The first-order valence-corrected chi connectivity index (χ1v) is 10.9. The molecule has 0 aliphatic carbocycles. The molecule has 31 heavy (non-hydrogen) atoms. The summed E-state index contributed by atoms with van der Waals surface area (Å²) >= 11 is 1.11. The number of pyridine rings is 1. The molecular weight excluding hydrogens is 422 g/mol. The van der Waals surface area contributed by atoms with Crippen LogP contribution in [0.2, 0.25) is 0 Å². The molecule has 1 unspecified atom stereocenters. The number of hydrogen-bond acceptors (Lipinski definition) is 8. The van der Waals surface area contributed by atoms with Crippen LogP contribution in [0.5, 0.6) is 0 Å². The summed E-state index contributed by atoms with van der Waals surface area (Å²) in [7, 11) is 0. The summed E-state index contributed by atoms with van der Waals surface area (Å²) in [6.07, 6.45) is 4.04. The average Bonchev–Trinajstić information content (AvgIpc) is 3.52. The lowest BCUT2D eigenvalue weighted by Gasteiger charge is -2.33. The highest BCUT2D eigenvalue weighted by molar-refractivity contribution is 7.03. The SMILES string of the molecule is O=C(NCC1CC2(CCOCC2)CN1C(=O)c1ccc2n[nH]c(=O)n2c1)c1csnn1. The fourth-order valence-corrected chi connectivity index (χ4v) is 4.95. The van der Waals surface area contributed by atoms with E-state index in [2.05, 4.69) is 25.1 Å². The molecule has 2 aliphatic heterocycles. The number of fused-ring (bicyclic) bond motifs is 1. The van der Waals surface area contributed by atoms with Crippen molar-refractivity contribution in [3.63, 3.8) is 0 Å². The zero-order valence-electron chi connectivity index (χ0n) is 16.6. The van der Waals surface area contributed by atoms with E-state index in [4.69, 9.17) is 4.74 Å². The van der Waals surface area contributed by atoms with Crippen molar-refractivity contribution in [2.45, 2.75) is 25.3 Å². The lowest BCUT2D eigenvalue weighted by molar-refractivity contribution is 0.0190. The van der Waals surface area contributed by atoms with Gasteiger partial charge in [0.25, 0.3) is 11.8 Å². The average molecular weight is 443 g/mol. The van der Waals surface area contributed by atoms with Crippen LogP contribution < -0.4 is 11.0 Å². The van der Waals surface area contributed by atoms with E-state index in [-0.39, 0.29) is 29.0 Å². The summed E-state index contributed by atoms with van der Waals surface area (Å²) in [5, 5.41) is 14.6. The fraction of sp³-hybridized carbons (Fsp3) is 0.474. The monoisotopic (exact) mass is 443 g/mol. The molecule has 0 saturated carbocycles. The Kier molecular flexibility index (Phi) is 5.02. The Morgan fingerprint density at radius 1 is 1.32 bits per heavy atom. The highest BCUT2D eigenvalue weighted by atomic mass is 32.1. The van der Waals surface area contributed by atoms with Gasteiger partial charge in [-0.3, -0.25) is 9.59 Å². The molecule has 3 aromatic heterocycles. The number of rotatable bonds is 4. The molecule has 2 aliphatic rings. The number of amides is 2. The standard InChI is InChI=1S/C19H21N7O4S/c27-16(14-10-31-24-21-14)20-8-13-7-19(3-5-30-6-4-19)11-26(13)17(28)12-1-2-15-22-23-18(29)25(15)9-12/h1-2,9-10,13H,3-8,11H2,(H,20,27)(H,23,29). The first-order chi connectivity index (χ1) is 15.0. The second-order valence-electron chi connectivity index (χ2n) is 8.08. The molecule has 1 spiro atoms. The minimum atomic E-state index is -0.396. The third-order valence-electron chi connectivity index (χ3n) is 6.18. The number of nitrogens with one attached hydrogen (secondary N) is 2. The van der Waals surface area contributed by atoms with Gasteiger partial charge >= 0.3 is 5.69 Å². The van der Waals surface area contributed by atoms with Gasteiger partial charge in [0.2, 0.25) is 0 Å². The van der Waals surface area contributed by atoms with Crippen molar-refractivity contribution in [3.05, 3.63) is 45.5 Å². The maximum atomic E-state index is 13.4. The van der Waals surface area contributed by atoms with Crippen LogP contribution in [0.25, 0.3) is 5.65 Å². The Hall–Kier alpha value is -3.12. The maximum Gasteiger partial charge on any atom is 0.347 e. The van der Waals surface area contributed by atoms with Crippen molar-refractivity contribution in [2.75, 3.05) is 26.3 Å². The first-order valence-electron chi connectivity index (χ1n) is 10.1. The van der Waals surface area contributed by atoms with Crippen LogP contribution in [0, 0.1) is 5.41 Å². The highest BCUT2D eigenvalue weighted by Crippen LogP contribution is 2.43. The van der Waals surface area contributed by atoms with Gasteiger partial charge in [0.15, 0.2) is 11.3 Å². The van der Waals surface area contributed by atoms with E-state index < -0.39 is 5.69 Å². The van der Waals surface area contributed by atoms with E-state index in [1.807, 2.05) is 4.90 Å². The highest BCUT2D eigenvalue weighted by Gasteiger charge is 2.46. The second kappa shape index (κ2) is 7.85. The van der Waals surface area contributed by atoms with Gasteiger partial charge in [-0.25, -0.2) is 14.3 Å². The van der Waals surface area contributed by atoms with E-state index in [1.54, 1.807) is 17.5 Å². The zero-order chi connectivity index (χ0) is 21.4. The van der Waals surface area contributed by atoms with Crippen molar-refractivity contribution >= 4 is 29.0 Å². The Balaban J connectivity index is 1.39. The molecule has 11 nitrogen and oxygen atoms in total. The van der Waals surface area contributed by atoms with Crippen molar-refractivity contribution in [3.8, 4) is 0 Å². The van der Waals surface area contributed by atoms with Crippen LogP contribution in [0.4, 0.5) is 0 Å². The molecule has 1 atom stereocenters. The molecule has 2 fully saturated rings. The number of likely N-dealkylation sites (tertiary alicyclic amines) is 1. The molecule has 162 valence electrons. The zero-order valence-corrected chi connectivity index (χ0v) is 17.4. The number of aromatic amines is 1. The summed E-state index contributed by atoms with van der Waals surface area (Å²) in [5.74, 6) is -0.478. The predicted octanol–water partition coefficient (Wildman–Crippen LogP) is 0.315. The van der Waals surface area contributed by atoms with Gasteiger partial charge < -0.3 is 15.0 Å². The van der Waals surface area contributed by atoms with Crippen LogP contribution in [-0.2, 0) is 4.74 Å². The van der Waals surface area contributed by atoms with E-state index >= 15 is 0 Å². The van der Waals surface area contributed by atoms with Crippen molar-refractivity contribution in [1.82, 2.24) is 34.4 Å². The van der Waals surface area contributed by atoms with Gasteiger partial charge in [-0.15, -0.1) is 5.10 Å². The minimum Gasteiger partial charge on any atom is -0.381 e. The summed E-state index contributed by atoms with van der Waals surface area (Å²) in [6, 6.07) is 3.14. The molecule has 0 aromatic carbocycles. The van der Waals surface area contributed by atoms with Crippen LogP contribution in [-0.4, -0.2) is 73.2 Å². The van der Waals surface area contributed by atoms with Gasteiger partial charge in [-0.1, -0.05) is 4.49 Å². The van der Waals surface area contributed by atoms with Crippen molar-refractivity contribution in [1.29, 1.82) is 0 Å². The number of aromatic nitrogens is 5. The third kappa shape index (κ3) is 3.72. The smallest absolute Gasteiger partial charge is 0.347 e. The van der Waals surface area contributed by atoms with Crippen LogP contribution in [0.1, 0.15) is 40.1 Å². The van der Waals surface area contributed by atoms with Crippen LogP contribution in [0.15, 0.2) is 28.5 Å². The van der Waals surface area contributed by atoms with Gasteiger partial charge in [0.05, 0.1) is 5.56 Å². The molecular formula is C19H21N7O4S. The molecule has 12 heteroatoms. The number of nitrogens with zero attached hydrogens (tertiary/aromatic N) is 5. The summed E-state index contributed by atoms with van der Waals surface area (Å²) < 4.78 is 10.6. The quantitative estimate of drug-likeness (QED) is 0.593. The molecule has 2 N–H and O–H groups in total. The lowest BCUT2D eigenvalue weighted by Crippen LogP contribution is -2.43. The van der Waals surface area contributed by atoms with Crippen molar-refractivity contribution in [2.24, 2.45) is 5.41 Å². The second-order valence-corrected chi connectivity index (χ2v) is 8.69. The van der Waals surface area contributed by atoms with Crippen molar-refractivity contribution < 1.29 is 14.3 Å². The van der Waals surface area contributed by atoms with Gasteiger partial charge in [0, 0.05) is 43.9 Å². The van der Waals surface area contributed by atoms with Crippen LogP contribution >= 0.6 is 11.5 Å². The minimum absolute atomic E-state index is 0.0257. The molecule has 5 rings (SSSR count). The topological polar surface area (TPSA) is 135 Å². The van der Waals surface area contributed by atoms with E-state index in [0.717, 1.165) is 30.8 Å². The summed E-state index contributed by atoms with van der Waals surface area (Å²) in [4.78, 5) is 39.5. The normalized spacial score (nSPS) is 20.4. The molecule has 2 saturated heterocycles. The molecule has 0 bridgehead atoms. The number of carbonyl (C=O) groups is 2. The summed E-state index contributed by atoms with van der Waals surface area (Å²) in [5.41, 5.74) is 0.700. The Morgan fingerprint density at radius 3 is 2.94 bits per heavy atom. The predicted molar refractivity (Wildman–Crippen MR) is 110 cm³/mol. The van der Waals surface area contributed by atoms with E-state index in [9.17, 15) is 14.4 Å². The Labute approximate surface area is 180 Å². The molecule has 2 amide bonds. The Bertz CT molecular complexity index is 1170. The number of carbonyl (C=O) groups excluding carboxylic acids is 2. The van der Waals surface area contributed by atoms with Gasteiger partial charge in [0.1, 0.15) is 0 Å². The van der Waals surface area contributed by atoms with Crippen LogP contribution in [0.3, 0.4) is 0 Å². The van der Waals surface area contributed by atoms with E-state index in [0.29, 0.717) is 37.5 Å². The molecule has 5 heterocycles. The fourth-order valence-electron chi connectivity index (χ4n) is 4.51. The number of ether oxygens (including phenoxy) is 1. The molecule has 3 aromatic rings.